The molecule has 98 valence electrons. The van der Waals surface area contributed by atoms with Gasteiger partial charge in [0, 0.05) is 14.4 Å². The quantitative estimate of drug-likeness (QED) is 0.843. The molecule has 0 unspecified atom stereocenters. The average molecular weight is 261 g/mol. The van der Waals surface area contributed by atoms with Crippen LogP contribution >= 0.6 is 0 Å². The van der Waals surface area contributed by atoms with Crippen LogP contribution in [-0.2, 0) is 0 Å². The van der Waals surface area contributed by atoms with Crippen LogP contribution in [0.1, 0.15) is 27.2 Å². The molecule has 0 spiro atoms. The molecule has 1 saturated heterocycles. The minimum Gasteiger partial charge on any atom is -0.488 e. The van der Waals surface area contributed by atoms with Crippen molar-refractivity contribution in [3.63, 3.8) is 0 Å². The van der Waals surface area contributed by atoms with Gasteiger partial charge in [0.2, 0.25) is 0 Å². The Morgan fingerprint density at radius 1 is 1.44 bits per heavy atom. The molecular formula is C12H12F3NO2. The molecule has 2 aliphatic heterocycles. The Balaban J connectivity index is 1.85. The number of piperidine rings is 1. The predicted octanol–water partition coefficient (Wildman–Crippen LogP) is 2.77. The summed E-state index contributed by atoms with van der Waals surface area (Å²) in [7, 11) is 0. The molecule has 0 bridgehead atoms. The molecule has 3 rings (SSSR count). The monoisotopic (exact) mass is 261 g/mol. The summed E-state index contributed by atoms with van der Waals surface area (Å²) >= 11 is 0. The third-order valence-electron chi connectivity index (χ3n) is 3.02. The number of halogens is 3. The van der Waals surface area contributed by atoms with Crippen molar-refractivity contribution in [3.05, 3.63) is 23.8 Å². The van der Waals surface area contributed by atoms with Crippen LogP contribution < -0.4 is 14.8 Å². The second-order valence-electron chi connectivity index (χ2n) is 4.24. The van der Waals surface area contributed by atoms with E-state index in [-0.39, 0.29) is 17.9 Å². The lowest BCUT2D eigenvalue weighted by molar-refractivity contribution is -0.274. The van der Waals surface area contributed by atoms with Crippen molar-refractivity contribution >= 4 is 0 Å². The van der Waals surface area contributed by atoms with Gasteiger partial charge in [-0.25, -0.2) is 0 Å². The van der Waals surface area contributed by atoms with Crippen LogP contribution in [0.15, 0.2) is 18.2 Å². The molecule has 1 aromatic carbocycles. The highest BCUT2D eigenvalue weighted by molar-refractivity contribution is 5.46. The smallest absolute Gasteiger partial charge is 0.488 e. The molecule has 1 fully saturated rings. The largest absolute Gasteiger partial charge is 0.573 e. The van der Waals surface area contributed by atoms with Gasteiger partial charge in [-0.15, -0.1) is 13.2 Å². The first-order chi connectivity index (χ1) is 9.23. The first-order valence-corrected chi connectivity index (χ1v) is 5.58. The summed E-state index contributed by atoms with van der Waals surface area (Å²) in [6.45, 7) is -1.49. The summed E-state index contributed by atoms with van der Waals surface area (Å²) in [6, 6.07) is 3.55. The van der Waals surface area contributed by atoms with E-state index in [0.29, 0.717) is 24.2 Å². The standard InChI is InChI=1S/C12H12F3NO2/c13-12(14,15)18-7-3-4-8-10(6-7)17-9-2-1-5-16-11(8)9/h3-4,6,9,11,16H,1-2,5H2/t9-,11-/m0/s1/i5D2. The number of hydrogen-bond donors (Lipinski definition) is 1. The second kappa shape index (κ2) is 4.05. The van der Waals surface area contributed by atoms with Crippen molar-refractivity contribution < 1.29 is 25.4 Å². The summed E-state index contributed by atoms with van der Waals surface area (Å²) in [5.74, 6) is -0.0233. The van der Waals surface area contributed by atoms with Crippen LogP contribution in [0.4, 0.5) is 13.2 Å². The highest BCUT2D eigenvalue weighted by atomic mass is 19.4. The second-order valence-corrected chi connectivity index (χ2v) is 4.24. The average Bonchev–Trinajstić information content (AvgIpc) is 2.62. The lowest BCUT2D eigenvalue weighted by Crippen LogP contribution is -2.36. The van der Waals surface area contributed by atoms with E-state index in [9.17, 15) is 13.2 Å². The van der Waals surface area contributed by atoms with Gasteiger partial charge >= 0.3 is 6.36 Å². The third-order valence-corrected chi connectivity index (χ3v) is 3.02. The fourth-order valence-corrected chi connectivity index (χ4v) is 2.30. The maximum Gasteiger partial charge on any atom is 0.573 e. The number of hydrogen-bond acceptors (Lipinski definition) is 3. The third kappa shape index (κ3) is 2.12. The first-order valence-electron chi connectivity index (χ1n) is 6.58. The van der Waals surface area contributed by atoms with Crippen LogP contribution in [0.2, 0.25) is 0 Å². The van der Waals surface area contributed by atoms with Gasteiger partial charge < -0.3 is 14.8 Å². The van der Waals surface area contributed by atoms with Gasteiger partial charge in [0.05, 0.1) is 6.04 Å². The zero-order chi connectivity index (χ0) is 14.5. The van der Waals surface area contributed by atoms with Crippen molar-refractivity contribution in [2.75, 3.05) is 6.50 Å². The Hall–Kier alpha value is -1.43. The van der Waals surface area contributed by atoms with E-state index in [1.807, 2.05) is 0 Å². The molecule has 1 N–H and O–H groups in total. The summed E-state index contributed by atoms with van der Waals surface area (Å²) in [5, 5.41) is 2.82. The van der Waals surface area contributed by atoms with Crippen LogP contribution in [0.25, 0.3) is 0 Å². The van der Waals surface area contributed by atoms with Crippen LogP contribution in [-0.4, -0.2) is 19.0 Å². The van der Waals surface area contributed by atoms with E-state index in [4.69, 9.17) is 7.48 Å². The number of fused-ring (bicyclic) bond motifs is 3. The normalized spacial score (nSPS) is 30.6. The molecule has 6 heteroatoms. The van der Waals surface area contributed by atoms with Crippen LogP contribution in [0, 0.1) is 0 Å². The number of benzene rings is 1. The van der Waals surface area contributed by atoms with Crippen molar-refractivity contribution in [2.45, 2.75) is 31.3 Å². The van der Waals surface area contributed by atoms with Gasteiger partial charge in [-0.3, -0.25) is 0 Å². The van der Waals surface area contributed by atoms with Gasteiger partial charge in [0.25, 0.3) is 0 Å². The molecule has 1 aromatic rings. The maximum absolute atomic E-state index is 12.2. The highest BCUT2D eigenvalue weighted by Crippen LogP contribution is 2.42. The topological polar surface area (TPSA) is 30.5 Å². The lowest BCUT2D eigenvalue weighted by Gasteiger charge is -2.25. The summed E-state index contributed by atoms with van der Waals surface area (Å²) in [5.41, 5.74) is 0.660. The van der Waals surface area contributed by atoms with Crippen LogP contribution in [0.5, 0.6) is 11.5 Å². The molecule has 0 amide bonds. The van der Waals surface area contributed by atoms with E-state index < -0.39 is 12.9 Å². The minimum absolute atomic E-state index is 0.255. The Morgan fingerprint density at radius 3 is 3.06 bits per heavy atom. The fraction of sp³-hybridized carbons (Fsp3) is 0.500. The lowest BCUT2D eigenvalue weighted by atomic mass is 9.97. The van der Waals surface area contributed by atoms with Gasteiger partial charge in [0.1, 0.15) is 17.6 Å². The highest BCUT2D eigenvalue weighted by Gasteiger charge is 2.37. The number of ether oxygens (including phenoxy) is 2. The van der Waals surface area contributed by atoms with Crippen molar-refractivity contribution in [3.8, 4) is 11.5 Å². The molecule has 0 radical (unpaired) electrons. The molecule has 18 heavy (non-hydrogen) atoms. The zero-order valence-corrected chi connectivity index (χ0v) is 9.25. The van der Waals surface area contributed by atoms with Gasteiger partial charge in [-0.05, 0) is 31.5 Å². The Labute approximate surface area is 105 Å². The van der Waals surface area contributed by atoms with Crippen molar-refractivity contribution in [1.82, 2.24) is 5.32 Å². The molecule has 0 aliphatic carbocycles. The summed E-state index contributed by atoms with van der Waals surface area (Å²) in [6.07, 6.45) is -4.19. The zero-order valence-electron chi connectivity index (χ0n) is 11.3. The van der Waals surface area contributed by atoms with E-state index >= 15 is 0 Å². The molecule has 2 atom stereocenters. The molecule has 3 nitrogen and oxygen atoms in total. The number of alkyl halides is 3. The van der Waals surface area contributed by atoms with Crippen molar-refractivity contribution in [1.29, 1.82) is 0 Å². The predicted molar refractivity (Wildman–Crippen MR) is 57.5 cm³/mol. The molecule has 2 heterocycles. The van der Waals surface area contributed by atoms with Gasteiger partial charge in [-0.1, -0.05) is 0 Å². The molecule has 0 aromatic heterocycles. The van der Waals surface area contributed by atoms with E-state index in [1.54, 1.807) is 0 Å². The van der Waals surface area contributed by atoms with E-state index in [0.717, 1.165) is 0 Å². The van der Waals surface area contributed by atoms with Crippen LogP contribution in [0.3, 0.4) is 0 Å². The summed E-state index contributed by atoms with van der Waals surface area (Å²) < 4.78 is 61.3. The van der Waals surface area contributed by atoms with E-state index in [1.165, 1.54) is 18.2 Å². The SMILES string of the molecule is [2H]C1([2H])CC[C@@H]2Oc3cc(OC(F)(F)F)ccc3[C@@H]2N1. The van der Waals surface area contributed by atoms with Gasteiger partial charge in [0.15, 0.2) is 0 Å². The first kappa shape index (κ1) is 9.49. The molecular weight excluding hydrogens is 247 g/mol. The fourth-order valence-electron chi connectivity index (χ4n) is 2.30. The Kier molecular flexibility index (Phi) is 2.14. The van der Waals surface area contributed by atoms with Gasteiger partial charge in [-0.2, -0.15) is 0 Å². The number of rotatable bonds is 1. The maximum atomic E-state index is 12.2. The Bertz CT molecular complexity index is 536. The van der Waals surface area contributed by atoms with E-state index in [2.05, 4.69) is 10.1 Å². The van der Waals surface area contributed by atoms with Crippen molar-refractivity contribution in [2.24, 2.45) is 0 Å². The number of nitrogens with one attached hydrogen (secondary N) is 1. The minimum atomic E-state index is -4.74. The summed E-state index contributed by atoms with van der Waals surface area (Å²) in [4.78, 5) is 0. The molecule has 0 saturated carbocycles. The Morgan fingerprint density at radius 2 is 2.28 bits per heavy atom. The molecule has 2 aliphatic rings.